The van der Waals surface area contributed by atoms with Gasteiger partial charge in [-0.15, -0.1) is 0 Å². The lowest BCUT2D eigenvalue weighted by Gasteiger charge is -2.18. The Kier molecular flexibility index (Phi) is 4.92. The molecule has 4 nitrogen and oxygen atoms in total. The van der Waals surface area contributed by atoms with Crippen molar-refractivity contribution in [3.63, 3.8) is 0 Å². The number of methoxy groups -OCH3 is 1. The molecule has 24 heavy (non-hydrogen) atoms. The Morgan fingerprint density at radius 3 is 2.46 bits per heavy atom. The molecule has 1 aliphatic rings. The highest BCUT2D eigenvalue weighted by Gasteiger charge is 2.22. The number of ether oxygens (including phenoxy) is 1. The molecule has 0 aromatic heterocycles. The molecule has 0 unspecified atom stereocenters. The average Bonchev–Trinajstić information content (AvgIpc) is 3.07. The molecule has 0 fully saturated rings. The molecule has 1 N–H and O–H groups in total. The maximum atomic E-state index is 12.8. The Bertz CT molecular complexity index is 813. The minimum absolute atomic E-state index is 0.255. The largest absolute Gasteiger partial charge is 0.497 e. The molecule has 0 spiro atoms. The number of fused-ring (bicyclic) bond motifs is 1. The second kappa shape index (κ2) is 6.95. The number of benzene rings is 2. The number of rotatable bonds is 6. The summed E-state index contributed by atoms with van der Waals surface area (Å²) in [6, 6.07) is 12.7. The lowest BCUT2D eigenvalue weighted by molar-refractivity contribution is 0.414. The van der Waals surface area contributed by atoms with Crippen LogP contribution in [0.4, 0.5) is 0 Å². The Morgan fingerprint density at radius 1 is 1.08 bits per heavy atom. The van der Waals surface area contributed by atoms with Gasteiger partial charge in [0.1, 0.15) is 5.75 Å². The summed E-state index contributed by atoms with van der Waals surface area (Å²) in [5, 5.41) is 0. The van der Waals surface area contributed by atoms with Crippen LogP contribution in [0.1, 0.15) is 42.5 Å². The number of hydrogen-bond donors (Lipinski definition) is 1. The number of sulfonamides is 1. The van der Waals surface area contributed by atoms with Crippen LogP contribution in [0.3, 0.4) is 0 Å². The maximum Gasteiger partial charge on any atom is 0.241 e. The van der Waals surface area contributed by atoms with Gasteiger partial charge in [-0.2, -0.15) is 0 Å². The highest BCUT2D eigenvalue weighted by molar-refractivity contribution is 7.89. The zero-order valence-corrected chi connectivity index (χ0v) is 14.9. The quantitative estimate of drug-likeness (QED) is 0.870. The minimum Gasteiger partial charge on any atom is -0.497 e. The smallest absolute Gasteiger partial charge is 0.241 e. The predicted octanol–water partition coefficient (Wildman–Crippen LogP) is 3.61. The van der Waals surface area contributed by atoms with E-state index >= 15 is 0 Å². The fourth-order valence-corrected chi connectivity index (χ4v) is 4.55. The van der Waals surface area contributed by atoms with E-state index in [9.17, 15) is 8.42 Å². The fraction of sp³-hybridized carbons (Fsp3) is 0.368. The third-order valence-electron chi connectivity index (χ3n) is 4.60. The summed E-state index contributed by atoms with van der Waals surface area (Å²) in [4.78, 5) is 0.357. The molecule has 0 heterocycles. The Labute approximate surface area is 143 Å². The van der Waals surface area contributed by atoms with Crippen molar-refractivity contribution in [1.29, 1.82) is 0 Å². The molecule has 128 valence electrons. The van der Waals surface area contributed by atoms with E-state index in [1.54, 1.807) is 13.2 Å². The number of hydrogen-bond acceptors (Lipinski definition) is 3. The summed E-state index contributed by atoms with van der Waals surface area (Å²) in [6.07, 6.45) is 3.80. The van der Waals surface area contributed by atoms with Crippen molar-refractivity contribution in [3.05, 3.63) is 59.2 Å². The van der Waals surface area contributed by atoms with E-state index in [0.29, 0.717) is 11.3 Å². The van der Waals surface area contributed by atoms with Crippen LogP contribution in [0.25, 0.3) is 0 Å². The summed E-state index contributed by atoms with van der Waals surface area (Å²) in [7, 11) is -1.92. The second-order valence-corrected chi connectivity index (χ2v) is 7.85. The van der Waals surface area contributed by atoms with Crippen LogP contribution in [0.15, 0.2) is 47.4 Å². The van der Waals surface area contributed by atoms with E-state index in [0.717, 1.165) is 36.1 Å². The molecule has 0 saturated heterocycles. The van der Waals surface area contributed by atoms with Gasteiger partial charge in [0.05, 0.1) is 12.0 Å². The van der Waals surface area contributed by atoms with Gasteiger partial charge >= 0.3 is 0 Å². The average molecular weight is 345 g/mol. The van der Waals surface area contributed by atoms with Gasteiger partial charge in [0.2, 0.25) is 10.0 Å². The van der Waals surface area contributed by atoms with Gasteiger partial charge in [-0.3, -0.25) is 0 Å². The third-order valence-corrected chi connectivity index (χ3v) is 6.07. The van der Waals surface area contributed by atoms with Gasteiger partial charge in [0.25, 0.3) is 0 Å². The van der Waals surface area contributed by atoms with E-state index in [1.807, 2.05) is 43.3 Å². The molecular weight excluding hydrogens is 322 g/mol. The van der Waals surface area contributed by atoms with Crippen molar-refractivity contribution in [2.45, 2.75) is 43.5 Å². The second-order valence-electron chi connectivity index (χ2n) is 6.14. The fourth-order valence-electron chi connectivity index (χ4n) is 3.19. The van der Waals surface area contributed by atoms with Crippen LogP contribution in [0.2, 0.25) is 0 Å². The molecule has 0 bridgehead atoms. The van der Waals surface area contributed by atoms with Crippen molar-refractivity contribution < 1.29 is 13.2 Å². The van der Waals surface area contributed by atoms with Crippen LogP contribution < -0.4 is 9.46 Å². The summed E-state index contributed by atoms with van der Waals surface area (Å²) in [6.45, 7) is 1.97. The van der Waals surface area contributed by atoms with Crippen LogP contribution in [-0.2, 0) is 22.9 Å². The molecule has 1 aliphatic carbocycles. The van der Waals surface area contributed by atoms with Crippen LogP contribution >= 0.6 is 0 Å². The first kappa shape index (κ1) is 17.0. The highest BCUT2D eigenvalue weighted by Crippen LogP contribution is 2.26. The normalized spacial score (nSPS) is 15.1. The predicted molar refractivity (Wildman–Crippen MR) is 94.8 cm³/mol. The van der Waals surface area contributed by atoms with Gasteiger partial charge in [0.15, 0.2) is 0 Å². The van der Waals surface area contributed by atoms with Crippen molar-refractivity contribution in [2.75, 3.05) is 7.11 Å². The van der Waals surface area contributed by atoms with Gasteiger partial charge in [0, 0.05) is 6.04 Å². The summed E-state index contributed by atoms with van der Waals surface area (Å²) in [5.74, 6) is 0.759. The molecule has 2 aromatic carbocycles. The molecule has 3 rings (SSSR count). The first-order valence-corrected chi connectivity index (χ1v) is 9.80. The summed E-state index contributed by atoms with van der Waals surface area (Å²) < 4.78 is 33.5. The molecule has 1 atom stereocenters. The molecule has 0 amide bonds. The number of nitrogens with one attached hydrogen (secondary N) is 1. The maximum absolute atomic E-state index is 12.8. The van der Waals surface area contributed by atoms with E-state index in [1.165, 1.54) is 5.56 Å². The van der Waals surface area contributed by atoms with Crippen molar-refractivity contribution in [1.82, 2.24) is 4.72 Å². The SMILES string of the molecule is CC[C@H](NS(=O)(=O)c1ccc2c(c1)CCC2)c1ccc(OC)cc1. The van der Waals surface area contributed by atoms with E-state index < -0.39 is 10.0 Å². The Balaban J connectivity index is 1.83. The van der Waals surface area contributed by atoms with Crippen molar-refractivity contribution in [3.8, 4) is 5.75 Å². The van der Waals surface area contributed by atoms with Gasteiger partial charge in [-0.05, 0) is 66.6 Å². The lowest BCUT2D eigenvalue weighted by atomic mass is 10.1. The topological polar surface area (TPSA) is 55.4 Å². The standard InChI is InChI=1S/C19H23NO3S/c1-3-19(15-7-10-17(23-2)11-8-15)20-24(21,22)18-12-9-14-5-4-6-16(14)13-18/h7-13,19-20H,3-6H2,1-2H3/t19-/m0/s1. The minimum atomic E-state index is -3.54. The van der Waals surface area contributed by atoms with E-state index in [-0.39, 0.29) is 6.04 Å². The van der Waals surface area contributed by atoms with Crippen LogP contribution in [0.5, 0.6) is 5.75 Å². The van der Waals surface area contributed by atoms with Gasteiger partial charge < -0.3 is 4.74 Å². The van der Waals surface area contributed by atoms with Crippen LogP contribution in [0, 0.1) is 0 Å². The summed E-state index contributed by atoms with van der Waals surface area (Å²) in [5.41, 5.74) is 3.37. The Hall–Kier alpha value is -1.85. The molecular formula is C19H23NO3S. The third kappa shape index (κ3) is 3.47. The van der Waals surface area contributed by atoms with Crippen molar-refractivity contribution >= 4 is 10.0 Å². The first-order valence-electron chi connectivity index (χ1n) is 8.31. The first-order chi connectivity index (χ1) is 11.5. The molecule has 0 saturated carbocycles. The number of aryl methyl sites for hydroxylation is 2. The molecule has 5 heteroatoms. The lowest BCUT2D eigenvalue weighted by Crippen LogP contribution is -2.28. The van der Waals surface area contributed by atoms with E-state index in [2.05, 4.69) is 4.72 Å². The van der Waals surface area contributed by atoms with E-state index in [4.69, 9.17) is 4.74 Å². The van der Waals surface area contributed by atoms with Gasteiger partial charge in [-0.1, -0.05) is 25.1 Å². The van der Waals surface area contributed by atoms with Crippen LogP contribution in [-0.4, -0.2) is 15.5 Å². The zero-order valence-electron chi connectivity index (χ0n) is 14.1. The van der Waals surface area contributed by atoms with Gasteiger partial charge in [-0.25, -0.2) is 13.1 Å². The molecule has 2 aromatic rings. The highest BCUT2D eigenvalue weighted by atomic mass is 32.2. The molecule has 0 radical (unpaired) electrons. The summed E-state index contributed by atoms with van der Waals surface area (Å²) >= 11 is 0. The monoisotopic (exact) mass is 345 g/mol. The Morgan fingerprint density at radius 2 is 1.79 bits per heavy atom. The molecule has 0 aliphatic heterocycles. The van der Waals surface area contributed by atoms with Crippen molar-refractivity contribution in [2.24, 2.45) is 0 Å². The zero-order chi connectivity index (χ0) is 17.2.